The number of unbranched alkanes of at least 4 members (excludes halogenated alkanes) is 1. The zero-order valence-electron chi connectivity index (χ0n) is 24.1. The maximum atomic E-state index is 13.4. The number of carbonyl (C=O) groups is 4. The summed E-state index contributed by atoms with van der Waals surface area (Å²) < 4.78 is 10.1. The summed E-state index contributed by atoms with van der Waals surface area (Å²) in [6, 6.07) is -1.31. The van der Waals surface area contributed by atoms with Crippen molar-refractivity contribution in [1.29, 1.82) is 0 Å². The van der Waals surface area contributed by atoms with Crippen molar-refractivity contribution in [3.05, 3.63) is 23.8 Å². The largest absolute Gasteiger partial charge is 0.465 e. The first kappa shape index (κ1) is 32.4. The number of allylic oxidation sites excluding steroid dienone is 4. The van der Waals surface area contributed by atoms with Crippen molar-refractivity contribution in [2.75, 3.05) is 19.8 Å². The molecular formula is C29H42N2O11. The molecule has 0 bridgehead atoms. The first-order valence-electron chi connectivity index (χ1n) is 14.5. The van der Waals surface area contributed by atoms with E-state index in [1.54, 1.807) is 12.2 Å². The third kappa shape index (κ3) is 6.09. The standard InChI is InChI=1S/C29H42N2O11/c1-27-9-7-18(32)13-17(27)5-6-19-20-8-10-29(37,28(20,2)15-22(33)25(19)27)23(34)16-41-24(35)14-21(30)26(36)40-11-3-4-12-42-31(38)39/h7,9,13,19-22,25,33,37-39H,3-6,8,10-12,14-16,30H2,1-2H3/t19-,20-,21?,22-,25?,27-,28-,29-/m0/s1. The van der Waals surface area contributed by atoms with Gasteiger partial charge in [0.25, 0.3) is 0 Å². The molecule has 4 aliphatic carbocycles. The van der Waals surface area contributed by atoms with Crippen molar-refractivity contribution in [3.63, 3.8) is 0 Å². The quantitative estimate of drug-likeness (QED) is 0.122. The number of fused-ring (bicyclic) bond motifs is 5. The minimum absolute atomic E-state index is 0.0134. The molecular weight excluding hydrogens is 552 g/mol. The number of aliphatic hydroxyl groups excluding tert-OH is 1. The van der Waals surface area contributed by atoms with Crippen molar-refractivity contribution in [3.8, 4) is 0 Å². The van der Waals surface area contributed by atoms with Gasteiger partial charge in [-0.2, -0.15) is 0 Å². The summed E-state index contributed by atoms with van der Waals surface area (Å²) in [7, 11) is 0. The number of Topliss-reactive ketones (excluding diaryl/α,β-unsaturated/α-hetero) is 1. The molecule has 0 aromatic carbocycles. The lowest BCUT2D eigenvalue weighted by molar-refractivity contribution is -0.492. The Morgan fingerprint density at radius 1 is 1.14 bits per heavy atom. The Hall–Kier alpha value is -2.52. The van der Waals surface area contributed by atoms with E-state index in [9.17, 15) is 29.4 Å². The number of nitrogens with zero attached hydrogens (tertiary/aromatic N) is 1. The highest BCUT2D eigenvalue weighted by Crippen LogP contribution is 2.67. The Bertz CT molecular complexity index is 1140. The van der Waals surface area contributed by atoms with E-state index in [2.05, 4.69) is 11.8 Å². The van der Waals surface area contributed by atoms with Crippen LogP contribution in [-0.4, -0.2) is 87.1 Å². The minimum atomic E-state index is -1.80. The molecule has 3 fully saturated rings. The lowest BCUT2D eigenvalue weighted by atomic mass is 9.46. The molecule has 6 N–H and O–H groups in total. The van der Waals surface area contributed by atoms with Crippen molar-refractivity contribution < 1.29 is 54.1 Å². The lowest BCUT2D eigenvalue weighted by Gasteiger charge is -2.59. The van der Waals surface area contributed by atoms with E-state index >= 15 is 0 Å². The van der Waals surface area contributed by atoms with Gasteiger partial charge in [-0.3, -0.25) is 34.4 Å². The lowest BCUT2D eigenvalue weighted by Crippen LogP contribution is -2.61. The molecule has 0 radical (unpaired) electrons. The molecule has 0 saturated heterocycles. The molecule has 0 heterocycles. The van der Waals surface area contributed by atoms with Gasteiger partial charge in [-0.05, 0) is 68.9 Å². The Morgan fingerprint density at radius 3 is 2.57 bits per heavy atom. The van der Waals surface area contributed by atoms with Gasteiger partial charge in [0.1, 0.15) is 11.6 Å². The Morgan fingerprint density at radius 2 is 1.86 bits per heavy atom. The van der Waals surface area contributed by atoms with Crippen LogP contribution >= 0.6 is 0 Å². The summed E-state index contributed by atoms with van der Waals surface area (Å²) >= 11 is 0. The van der Waals surface area contributed by atoms with Crippen molar-refractivity contribution in [1.82, 2.24) is 5.39 Å². The molecule has 13 heteroatoms. The Labute approximate surface area is 244 Å². The van der Waals surface area contributed by atoms with Gasteiger partial charge in [-0.25, -0.2) is 0 Å². The number of carbonyl (C=O) groups excluding carboxylic acids is 4. The zero-order valence-corrected chi connectivity index (χ0v) is 24.1. The van der Waals surface area contributed by atoms with Crippen LogP contribution in [-0.2, 0) is 33.5 Å². The number of hydrogen-bond donors (Lipinski definition) is 5. The second kappa shape index (κ2) is 12.6. The van der Waals surface area contributed by atoms with Crippen LogP contribution < -0.4 is 5.73 Å². The zero-order chi connectivity index (χ0) is 30.9. The van der Waals surface area contributed by atoms with Gasteiger partial charge in [0.15, 0.2) is 12.4 Å². The van der Waals surface area contributed by atoms with Crippen LogP contribution in [0.2, 0.25) is 0 Å². The van der Waals surface area contributed by atoms with Crippen LogP contribution in [0.1, 0.15) is 65.2 Å². The summed E-state index contributed by atoms with van der Waals surface area (Å²) in [6.07, 6.45) is 6.93. The van der Waals surface area contributed by atoms with Crippen molar-refractivity contribution >= 4 is 23.5 Å². The predicted molar refractivity (Wildman–Crippen MR) is 143 cm³/mol. The van der Waals surface area contributed by atoms with E-state index in [-0.39, 0.29) is 49.6 Å². The average Bonchev–Trinajstić information content (AvgIpc) is 3.19. The smallest absolute Gasteiger partial charge is 0.323 e. The highest BCUT2D eigenvalue weighted by molar-refractivity contribution is 6.01. The maximum Gasteiger partial charge on any atom is 0.323 e. The van der Waals surface area contributed by atoms with E-state index in [1.807, 2.05) is 13.0 Å². The molecule has 0 amide bonds. The summed E-state index contributed by atoms with van der Waals surface area (Å²) in [4.78, 5) is 54.2. The van der Waals surface area contributed by atoms with E-state index in [0.717, 1.165) is 12.0 Å². The Balaban J connectivity index is 1.31. The number of aliphatic hydroxyl groups is 2. The van der Waals surface area contributed by atoms with Gasteiger partial charge in [0, 0.05) is 16.7 Å². The number of nitrogens with two attached hydrogens (primary N) is 1. The molecule has 8 atom stereocenters. The second-order valence-electron chi connectivity index (χ2n) is 12.5. The van der Waals surface area contributed by atoms with Crippen LogP contribution in [0, 0.1) is 28.6 Å². The second-order valence-corrected chi connectivity index (χ2v) is 12.5. The number of rotatable bonds is 12. The molecule has 234 valence electrons. The average molecular weight is 595 g/mol. The van der Waals surface area contributed by atoms with E-state index in [4.69, 9.17) is 25.6 Å². The normalized spacial score (nSPS) is 36.0. The number of hydrogen-bond acceptors (Lipinski definition) is 13. The molecule has 0 aliphatic heterocycles. The minimum Gasteiger partial charge on any atom is -0.465 e. The molecule has 0 spiro atoms. The molecule has 42 heavy (non-hydrogen) atoms. The summed E-state index contributed by atoms with van der Waals surface area (Å²) in [5.41, 5.74) is 3.57. The van der Waals surface area contributed by atoms with Gasteiger partial charge in [0.05, 0.1) is 31.1 Å². The number of ether oxygens (including phenoxy) is 2. The van der Waals surface area contributed by atoms with Gasteiger partial charge >= 0.3 is 11.9 Å². The van der Waals surface area contributed by atoms with Gasteiger partial charge in [-0.1, -0.05) is 25.5 Å². The van der Waals surface area contributed by atoms with Gasteiger partial charge < -0.3 is 25.4 Å². The molecule has 4 rings (SSSR count). The molecule has 0 aromatic heterocycles. The van der Waals surface area contributed by atoms with Crippen LogP contribution in [0.5, 0.6) is 0 Å². The van der Waals surface area contributed by atoms with Crippen molar-refractivity contribution in [2.24, 2.45) is 34.3 Å². The SMILES string of the molecule is C[C@]12C=CC(=O)C=C1CC[C@@H]1C2[C@@H](O)C[C@@]2(C)[C@H]1CC[C@]2(O)C(=O)COC(=O)CC(N)C(=O)OCCCCON(O)O. The van der Waals surface area contributed by atoms with Crippen LogP contribution in [0.4, 0.5) is 0 Å². The topological polar surface area (TPSA) is 206 Å². The molecule has 3 saturated carbocycles. The molecule has 13 nitrogen and oxygen atoms in total. The fraction of sp³-hybridized carbons (Fsp3) is 0.724. The highest BCUT2D eigenvalue weighted by Gasteiger charge is 2.68. The highest BCUT2D eigenvalue weighted by atomic mass is 17.1. The first-order chi connectivity index (χ1) is 19.7. The molecule has 0 aromatic rings. The van der Waals surface area contributed by atoms with Gasteiger partial charge in [0.2, 0.25) is 5.78 Å². The first-order valence-corrected chi connectivity index (χ1v) is 14.5. The summed E-state index contributed by atoms with van der Waals surface area (Å²) in [5, 5.41) is 39.7. The number of esters is 2. The van der Waals surface area contributed by atoms with Crippen LogP contribution in [0.3, 0.4) is 0 Å². The van der Waals surface area contributed by atoms with E-state index < -0.39 is 64.7 Å². The predicted octanol–water partition coefficient (Wildman–Crippen LogP) is 1.16. The van der Waals surface area contributed by atoms with Crippen LogP contribution in [0.25, 0.3) is 0 Å². The fourth-order valence-corrected chi connectivity index (χ4v) is 8.01. The van der Waals surface area contributed by atoms with E-state index in [1.165, 1.54) is 0 Å². The number of ketones is 2. The van der Waals surface area contributed by atoms with Crippen LogP contribution in [0.15, 0.2) is 23.8 Å². The Kier molecular flexibility index (Phi) is 9.72. The molecule has 4 aliphatic rings. The maximum absolute atomic E-state index is 13.4. The molecule has 2 unspecified atom stereocenters. The third-order valence-corrected chi connectivity index (χ3v) is 10.2. The van der Waals surface area contributed by atoms with Gasteiger partial charge in [-0.15, -0.1) is 0 Å². The third-order valence-electron chi connectivity index (χ3n) is 10.2. The van der Waals surface area contributed by atoms with E-state index in [0.29, 0.717) is 25.7 Å². The summed E-state index contributed by atoms with van der Waals surface area (Å²) in [6.45, 7) is 3.16. The fourth-order valence-electron chi connectivity index (χ4n) is 8.01. The monoisotopic (exact) mass is 594 g/mol. The summed E-state index contributed by atoms with van der Waals surface area (Å²) in [5.74, 6) is -2.57. The van der Waals surface area contributed by atoms with Crippen molar-refractivity contribution in [2.45, 2.75) is 83.0 Å².